The first-order valence-electron chi connectivity index (χ1n) is 8.08. The number of aryl methyl sites for hydroxylation is 1. The molecule has 1 saturated heterocycles. The molecule has 1 amide bonds. The lowest BCUT2D eigenvalue weighted by Gasteiger charge is -2.22. The predicted octanol–water partition coefficient (Wildman–Crippen LogP) is 1.75. The fourth-order valence-electron chi connectivity index (χ4n) is 2.94. The molecule has 1 aliphatic rings. The second-order valence-electron chi connectivity index (χ2n) is 6.16. The Hall–Kier alpha value is -2.41. The largest absolute Gasteiger partial charge is 0.504 e. The van der Waals surface area contributed by atoms with Crippen LogP contribution in [0.2, 0.25) is 0 Å². The number of amides is 1. The van der Waals surface area contributed by atoms with Crippen molar-refractivity contribution in [3.05, 3.63) is 41.5 Å². The fraction of sp³-hybridized carbons (Fsp3) is 0.412. The minimum Gasteiger partial charge on any atom is -0.504 e. The van der Waals surface area contributed by atoms with Crippen molar-refractivity contribution >= 4 is 5.91 Å². The summed E-state index contributed by atoms with van der Waals surface area (Å²) in [6, 6.07) is 4.26. The summed E-state index contributed by atoms with van der Waals surface area (Å²) in [7, 11) is 0. The van der Waals surface area contributed by atoms with Gasteiger partial charge in [-0.2, -0.15) is 5.10 Å². The van der Waals surface area contributed by atoms with E-state index in [2.05, 4.69) is 15.7 Å². The number of aromatic hydroxyl groups is 1. The summed E-state index contributed by atoms with van der Waals surface area (Å²) in [4.78, 5) is 12.3. The molecule has 7 heteroatoms. The lowest BCUT2D eigenvalue weighted by Crippen LogP contribution is -2.38. The van der Waals surface area contributed by atoms with Gasteiger partial charge in [-0.05, 0) is 62.5 Å². The van der Waals surface area contributed by atoms with Crippen LogP contribution in [0.25, 0.3) is 5.69 Å². The zero-order valence-corrected chi connectivity index (χ0v) is 13.6. The summed E-state index contributed by atoms with van der Waals surface area (Å²) in [5.74, 6) is -0.549. The molecule has 0 radical (unpaired) electrons. The third kappa shape index (κ3) is 3.56. The summed E-state index contributed by atoms with van der Waals surface area (Å²) in [5, 5.41) is 20.3. The summed E-state index contributed by atoms with van der Waals surface area (Å²) >= 11 is 0. The van der Waals surface area contributed by atoms with E-state index in [1.807, 2.05) is 0 Å². The van der Waals surface area contributed by atoms with Gasteiger partial charge in [-0.1, -0.05) is 0 Å². The normalized spacial score (nSPS) is 17.7. The number of aromatic nitrogens is 2. The van der Waals surface area contributed by atoms with Crippen molar-refractivity contribution in [3.63, 3.8) is 0 Å². The smallest absolute Gasteiger partial charge is 0.275 e. The number of hydrogen-bond donors (Lipinski definition) is 3. The summed E-state index contributed by atoms with van der Waals surface area (Å²) in [5.41, 5.74) is 1.25. The van der Waals surface area contributed by atoms with Crippen molar-refractivity contribution in [3.8, 4) is 11.4 Å². The lowest BCUT2D eigenvalue weighted by atomic mass is 10.00. The monoisotopic (exact) mass is 332 g/mol. The number of nitrogens with zero attached hydrogens (tertiary/aromatic N) is 2. The molecule has 2 heterocycles. The standard InChI is InChI=1S/C17H21FN4O2/c1-11-7-13(18)4-5-14(11)22-10-15(23)16(21-22)17(24)20-9-12-3-2-6-19-8-12/h4-5,7,10,12,19,23H,2-3,6,8-9H2,1H3,(H,20,24). The highest BCUT2D eigenvalue weighted by atomic mass is 19.1. The van der Waals surface area contributed by atoms with Gasteiger partial charge in [0.1, 0.15) is 5.82 Å². The molecule has 1 aromatic heterocycles. The molecule has 1 unspecified atom stereocenters. The Bertz CT molecular complexity index is 738. The molecule has 6 nitrogen and oxygen atoms in total. The van der Waals surface area contributed by atoms with Gasteiger partial charge in [0, 0.05) is 6.54 Å². The molecule has 1 atom stereocenters. The topological polar surface area (TPSA) is 79.2 Å². The Kier molecular flexibility index (Phi) is 4.80. The van der Waals surface area contributed by atoms with Crippen LogP contribution in [-0.4, -0.2) is 40.4 Å². The van der Waals surface area contributed by atoms with Crippen LogP contribution in [-0.2, 0) is 0 Å². The van der Waals surface area contributed by atoms with E-state index in [0.29, 0.717) is 23.7 Å². The second-order valence-corrected chi connectivity index (χ2v) is 6.16. The summed E-state index contributed by atoms with van der Waals surface area (Å²) in [6.07, 6.45) is 3.53. The number of piperidine rings is 1. The van der Waals surface area contributed by atoms with Crippen molar-refractivity contribution in [1.82, 2.24) is 20.4 Å². The average molecular weight is 332 g/mol. The average Bonchev–Trinajstić information content (AvgIpc) is 2.95. The van der Waals surface area contributed by atoms with Crippen LogP contribution in [0.1, 0.15) is 28.9 Å². The Balaban J connectivity index is 1.72. The van der Waals surface area contributed by atoms with Gasteiger partial charge < -0.3 is 15.7 Å². The summed E-state index contributed by atoms with van der Waals surface area (Å²) < 4.78 is 14.6. The fourth-order valence-corrected chi connectivity index (χ4v) is 2.94. The van der Waals surface area contributed by atoms with Crippen LogP contribution in [0.4, 0.5) is 4.39 Å². The van der Waals surface area contributed by atoms with E-state index in [0.717, 1.165) is 25.9 Å². The van der Waals surface area contributed by atoms with Crippen LogP contribution in [0.3, 0.4) is 0 Å². The minimum absolute atomic E-state index is 0.0255. The molecule has 3 N–H and O–H groups in total. The molecule has 0 spiro atoms. The Morgan fingerprint density at radius 2 is 2.38 bits per heavy atom. The van der Waals surface area contributed by atoms with E-state index in [1.165, 1.54) is 23.0 Å². The number of benzene rings is 1. The Labute approximate surface area is 139 Å². The van der Waals surface area contributed by atoms with Crippen LogP contribution in [0.5, 0.6) is 5.75 Å². The van der Waals surface area contributed by atoms with E-state index in [4.69, 9.17) is 0 Å². The third-order valence-electron chi connectivity index (χ3n) is 4.27. The zero-order chi connectivity index (χ0) is 17.1. The lowest BCUT2D eigenvalue weighted by molar-refractivity contribution is 0.0937. The van der Waals surface area contributed by atoms with Crippen molar-refractivity contribution in [2.75, 3.05) is 19.6 Å². The second kappa shape index (κ2) is 7.00. The summed E-state index contributed by atoms with van der Waals surface area (Å²) in [6.45, 7) is 4.20. The van der Waals surface area contributed by atoms with E-state index >= 15 is 0 Å². The first-order valence-corrected chi connectivity index (χ1v) is 8.08. The van der Waals surface area contributed by atoms with Crippen molar-refractivity contribution in [2.24, 2.45) is 5.92 Å². The van der Waals surface area contributed by atoms with E-state index in [-0.39, 0.29) is 17.3 Å². The molecule has 0 saturated carbocycles. The van der Waals surface area contributed by atoms with Crippen molar-refractivity contribution < 1.29 is 14.3 Å². The van der Waals surface area contributed by atoms with Gasteiger partial charge in [-0.15, -0.1) is 0 Å². The minimum atomic E-state index is -0.406. The molecule has 3 rings (SSSR count). The highest BCUT2D eigenvalue weighted by Crippen LogP contribution is 2.21. The third-order valence-corrected chi connectivity index (χ3v) is 4.27. The number of carbonyl (C=O) groups excluding carboxylic acids is 1. The number of nitrogens with one attached hydrogen (secondary N) is 2. The number of hydrogen-bond acceptors (Lipinski definition) is 4. The molecule has 0 bridgehead atoms. The maximum atomic E-state index is 13.2. The van der Waals surface area contributed by atoms with Crippen LogP contribution >= 0.6 is 0 Å². The number of carbonyl (C=O) groups is 1. The van der Waals surface area contributed by atoms with Gasteiger partial charge in [0.25, 0.3) is 5.91 Å². The highest BCUT2D eigenvalue weighted by Gasteiger charge is 2.20. The molecule has 2 aromatic rings. The molecule has 128 valence electrons. The van der Waals surface area contributed by atoms with Gasteiger partial charge in [0.05, 0.1) is 11.9 Å². The number of rotatable bonds is 4. The van der Waals surface area contributed by atoms with Gasteiger partial charge in [0.15, 0.2) is 11.4 Å². The molecule has 1 aromatic carbocycles. The van der Waals surface area contributed by atoms with Gasteiger partial charge >= 0.3 is 0 Å². The van der Waals surface area contributed by atoms with Gasteiger partial charge in [-0.3, -0.25) is 4.79 Å². The van der Waals surface area contributed by atoms with Crippen LogP contribution < -0.4 is 10.6 Å². The highest BCUT2D eigenvalue weighted by molar-refractivity contribution is 5.94. The van der Waals surface area contributed by atoms with Crippen LogP contribution in [0, 0.1) is 18.7 Å². The van der Waals surface area contributed by atoms with Gasteiger partial charge in [-0.25, -0.2) is 9.07 Å². The number of halogens is 1. The van der Waals surface area contributed by atoms with Crippen LogP contribution in [0.15, 0.2) is 24.4 Å². The Morgan fingerprint density at radius 1 is 1.54 bits per heavy atom. The van der Waals surface area contributed by atoms with Crippen molar-refractivity contribution in [1.29, 1.82) is 0 Å². The maximum absolute atomic E-state index is 13.2. The Morgan fingerprint density at radius 3 is 3.08 bits per heavy atom. The molecule has 0 aliphatic carbocycles. The first-order chi connectivity index (χ1) is 11.5. The predicted molar refractivity (Wildman–Crippen MR) is 87.9 cm³/mol. The molecular weight excluding hydrogens is 311 g/mol. The molecular formula is C17H21FN4O2. The van der Waals surface area contributed by atoms with Gasteiger partial charge in [0.2, 0.25) is 0 Å². The first kappa shape index (κ1) is 16.4. The quantitative estimate of drug-likeness (QED) is 0.797. The molecule has 1 aliphatic heterocycles. The van der Waals surface area contributed by atoms with E-state index < -0.39 is 5.91 Å². The molecule has 24 heavy (non-hydrogen) atoms. The van der Waals surface area contributed by atoms with Crippen molar-refractivity contribution in [2.45, 2.75) is 19.8 Å². The zero-order valence-electron chi connectivity index (χ0n) is 13.6. The molecule has 1 fully saturated rings. The maximum Gasteiger partial charge on any atom is 0.275 e. The van der Waals surface area contributed by atoms with E-state index in [9.17, 15) is 14.3 Å². The SMILES string of the molecule is Cc1cc(F)ccc1-n1cc(O)c(C(=O)NCC2CCCNC2)n1. The van der Waals surface area contributed by atoms with E-state index in [1.54, 1.807) is 13.0 Å².